The average Bonchev–Trinajstić information content (AvgIpc) is 2.59. The highest BCUT2D eigenvalue weighted by Gasteiger charge is 2.60. The van der Waals surface area contributed by atoms with Crippen LogP contribution >= 0.6 is 0 Å². The maximum absolute atomic E-state index is 12.2. The second-order valence-electron chi connectivity index (χ2n) is 9.01. The molecule has 5 atom stereocenters. The van der Waals surface area contributed by atoms with Crippen LogP contribution in [0.4, 0.5) is 4.79 Å². The molecule has 2 saturated carbocycles. The standard InChI is InChI=1S/C18H27NO5/c1-16(2,3)24-15(22)19-13(14(20)21)18-7-11-5-10(12(11)8-18)6-17(4,23)9-18/h6,11-13,23H,5,7-9H2,1-4H3,(H,19,22)(H,20,21). The Morgan fingerprint density at radius 3 is 2.62 bits per heavy atom. The molecule has 6 heteroatoms. The van der Waals surface area contributed by atoms with Crippen LogP contribution in [-0.4, -0.2) is 39.5 Å². The lowest BCUT2D eigenvalue weighted by atomic mass is 9.67. The smallest absolute Gasteiger partial charge is 0.408 e. The van der Waals surface area contributed by atoms with Gasteiger partial charge in [-0.3, -0.25) is 0 Å². The molecule has 0 spiro atoms. The lowest BCUT2D eigenvalue weighted by Gasteiger charge is -2.41. The lowest BCUT2D eigenvalue weighted by molar-refractivity contribution is -0.144. The van der Waals surface area contributed by atoms with Crippen molar-refractivity contribution in [3.8, 4) is 0 Å². The van der Waals surface area contributed by atoms with Gasteiger partial charge in [0.25, 0.3) is 0 Å². The molecule has 24 heavy (non-hydrogen) atoms. The summed E-state index contributed by atoms with van der Waals surface area (Å²) in [6, 6.07) is -1.06. The molecule has 3 rings (SSSR count). The number of fused-ring (bicyclic) bond motifs is 1. The summed E-state index contributed by atoms with van der Waals surface area (Å²) >= 11 is 0. The fourth-order valence-corrected chi connectivity index (χ4v) is 5.01. The Morgan fingerprint density at radius 1 is 1.38 bits per heavy atom. The number of hydrogen-bond acceptors (Lipinski definition) is 4. The predicted octanol–water partition coefficient (Wildman–Crippen LogP) is 2.46. The van der Waals surface area contributed by atoms with E-state index in [2.05, 4.69) is 5.32 Å². The number of carboxylic acids is 1. The zero-order chi connectivity index (χ0) is 17.9. The Balaban J connectivity index is 1.86. The van der Waals surface area contributed by atoms with Gasteiger partial charge in [-0.1, -0.05) is 11.6 Å². The fourth-order valence-electron chi connectivity index (χ4n) is 5.01. The summed E-state index contributed by atoms with van der Waals surface area (Å²) in [6.45, 7) is 6.94. The van der Waals surface area contributed by atoms with E-state index in [-0.39, 0.29) is 0 Å². The first-order valence-corrected chi connectivity index (χ1v) is 8.57. The third-order valence-electron chi connectivity index (χ3n) is 5.57. The van der Waals surface area contributed by atoms with Crippen molar-refractivity contribution in [2.24, 2.45) is 17.3 Å². The molecule has 0 heterocycles. The number of ether oxygens (including phenoxy) is 1. The lowest BCUT2D eigenvalue weighted by Crippen LogP contribution is -2.54. The molecule has 0 saturated heterocycles. The third-order valence-corrected chi connectivity index (χ3v) is 5.57. The van der Waals surface area contributed by atoms with Crippen LogP contribution in [0.2, 0.25) is 0 Å². The highest BCUT2D eigenvalue weighted by molar-refractivity contribution is 5.81. The van der Waals surface area contributed by atoms with Crippen LogP contribution in [0.5, 0.6) is 0 Å². The van der Waals surface area contributed by atoms with E-state index in [1.165, 1.54) is 5.57 Å². The molecule has 3 N–H and O–H groups in total. The van der Waals surface area contributed by atoms with Crippen molar-refractivity contribution in [2.75, 3.05) is 0 Å². The van der Waals surface area contributed by atoms with Crippen LogP contribution in [0.15, 0.2) is 11.6 Å². The highest BCUT2D eigenvalue weighted by atomic mass is 16.6. The Morgan fingerprint density at radius 2 is 2.04 bits per heavy atom. The number of rotatable bonds is 3. The summed E-state index contributed by atoms with van der Waals surface area (Å²) in [5.41, 5.74) is -1.14. The van der Waals surface area contributed by atoms with Crippen LogP contribution in [0.1, 0.15) is 53.4 Å². The molecule has 2 fully saturated rings. The summed E-state index contributed by atoms with van der Waals surface area (Å²) in [5, 5.41) is 23.0. The highest BCUT2D eigenvalue weighted by Crippen LogP contribution is 2.64. The molecule has 134 valence electrons. The van der Waals surface area contributed by atoms with Gasteiger partial charge in [0.05, 0.1) is 5.60 Å². The fraction of sp³-hybridized carbons (Fsp3) is 0.778. The van der Waals surface area contributed by atoms with E-state index in [1.807, 2.05) is 6.08 Å². The van der Waals surface area contributed by atoms with Gasteiger partial charge in [-0.25, -0.2) is 9.59 Å². The van der Waals surface area contributed by atoms with E-state index in [0.717, 1.165) is 12.8 Å². The molecular formula is C18H27NO5. The van der Waals surface area contributed by atoms with E-state index in [9.17, 15) is 19.8 Å². The van der Waals surface area contributed by atoms with Crippen LogP contribution in [0, 0.1) is 17.3 Å². The van der Waals surface area contributed by atoms with Crippen molar-refractivity contribution in [3.05, 3.63) is 11.6 Å². The maximum Gasteiger partial charge on any atom is 0.408 e. The van der Waals surface area contributed by atoms with Crippen molar-refractivity contribution in [1.82, 2.24) is 5.32 Å². The quantitative estimate of drug-likeness (QED) is 0.688. The predicted molar refractivity (Wildman–Crippen MR) is 87.4 cm³/mol. The number of carbonyl (C=O) groups is 2. The van der Waals surface area contributed by atoms with Crippen LogP contribution in [0.3, 0.4) is 0 Å². The Bertz CT molecular complexity index is 603. The number of aliphatic carboxylic acids is 1. The number of aliphatic hydroxyl groups is 1. The first-order chi connectivity index (χ1) is 10.9. The normalized spacial score (nSPS) is 38.5. The molecule has 5 unspecified atom stereocenters. The third kappa shape index (κ3) is 3.04. The van der Waals surface area contributed by atoms with Gasteiger partial charge >= 0.3 is 12.1 Å². The zero-order valence-corrected chi connectivity index (χ0v) is 14.8. The molecule has 0 aromatic carbocycles. The minimum absolute atomic E-state index is 0.337. The number of hydrogen-bond donors (Lipinski definition) is 3. The first kappa shape index (κ1) is 17.3. The van der Waals surface area contributed by atoms with Crippen LogP contribution < -0.4 is 5.32 Å². The number of carboxylic acid groups (broad SMARTS) is 1. The molecule has 0 radical (unpaired) electrons. The minimum atomic E-state index is -1.07. The van der Waals surface area contributed by atoms with Crippen molar-refractivity contribution in [2.45, 2.75) is 70.6 Å². The van der Waals surface area contributed by atoms with Gasteiger partial charge in [0, 0.05) is 5.41 Å². The van der Waals surface area contributed by atoms with Gasteiger partial charge in [0.1, 0.15) is 11.6 Å². The topological polar surface area (TPSA) is 95.9 Å². The van der Waals surface area contributed by atoms with E-state index < -0.39 is 34.7 Å². The van der Waals surface area contributed by atoms with Crippen molar-refractivity contribution >= 4 is 12.1 Å². The number of carbonyl (C=O) groups excluding carboxylic acids is 1. The molecule has 0 aliphatic heterocycles. The van der Waals surface area contributed by atoms with Gasteiger partial charge in [-0.15, -0.1) is 0 Å². The molecule has 0 aromatic heterocycles. The number of allylic oxidation sites excluding steroid dienone is 1. The molecule has 0 aromatic rings. The van der Waals surface area contributed by atoms with Crippen LogP contribution in [0.25, 0.3) is 0 Å². The van der Waals surface area contributed by atoms with E-state index in [1.54, 1.807) is 27.7 Å². The van der Waals surface area contributed by atoms with Crippen molar-refractivity contribution in [3.63, 3.8) is 0 Å². The van der Waals surface area contributed by atoms with E-state index in [4.69, 9.17) is 4.74 Å². The van der Waals surface area contributed by atoms with Gasteiger partial charge in [-0.05, 0) is 65.2 Å². The minimum Gasteiger partial charge on any atom is -0.480 e. The average molecular weight is 337 g/mol. The molecule has 3 aliphatic carbocycles. The largest absolute Gasteiger partial charge is 0.480 e. The maximum atomic E-state index is 12.2. The van der Waals surface area contributed by atoms with Gasteiger partial charge < -0.3 is 20.3 Å². The summed E-state index contributed by atoms with van der Waals surface area (Å²) in [7, 11) is 0. The molecule has 3 aliphatic rings. The Labute approximate surface area is 142 Å². The number of alkyl carbamates (subject to hydrolysis) is 1. The Kier molecular flexibility index (Phi) is 3.75. The second kappa shape index (κ2) is 5.22. The number of nitrogens with one attached hydrogen (secondary N) is 1. The summed E-state index contributed by atoms with van der Waals surface area (Å²) in [5.74, 6) is -0.252. The Hall–Kier alpha value is -1.56. The van der Waals surface area contributed by atoms with Crippen molar-refractivity contribution in [1.29, 1.82) is 0 Å². The first-order valence-electron chi connectivity index (χ1n) is 8.57. The summed E-state index contributed by atoms with van der Waals surface area (Å²) in [4.78, 5) is 24.1. The monoisotopic (exact) mass is 337 g/mol. The van der Waals surface area contributed by atoms with Gasteiger partial charge in [-0.2, -0.15) is 0 Å². The zero-order valence-electron chi connectivity index (χ0n) is 14.8. The second-order valence-corrected chi connectivity index (χ2v) is 9.01. The summed E-state index contributed by atoms with van der Waals surface area (Å²) in [6.07, 6.45) is 3.87. The number of amides is 1. The molecule has 1 amide bonds. The van der Waals surface area contributed by atoms with Crippen molar-refractivity contribution < 1.29 is 24.5 Å². The summed E-state index contributed by atoms with van der Waals surface area (Å²) < 4.78 is 5.24. The molecular weight excluding hydrogens is 310 g/mol. The van der Waals surface area contributed by atoms with Gasteiger partial charge in [0.2, 0.25) is 0 Å². The van der Waals surface area contributed by atoms with E-state index >= 15 is 0 Å². The molecule has 2 bridgehead atoms. The van der Waals surface area contributed by atoms with Crippen LogP contribution in [-0.2, 0) is 9.53 Å². The van der Waals surface area contributed by atoms with Gasteiger partial charge in [0.15, 0.2) is 0 Å². The SMILES string of the molecule is CC1(O)C=C2CC3CC(C(NC(=O)OC(C)(C)C)C(=O)O)(CC23)C1. The van der Waals surface area contributed by atoms with E-state index in [0.29, 0.717) is 24.7 Å². The molecule has 6 nitrogen and oxygen atoms in total.